The molecule has 1 fully saturated rings. The second kappa shape index (κ2) is 7.75. The van der Waals surface area contributed by atoms with Crippen molar-refractivity contribution in [3.05, 3.63) is 67.8 Å². The van der Waals surface area contributed by atoms with Gasteiger partial charge in [0.05, 0.1) is 12.2 Å². The number of anilines is 1. The summed E-state index contributed by atoms with van der Waals surface area (Å²) in [6.45, 7) is 0.143. The smallest absolute Gasteiger partial charge is 0.326 e. The van der Waals surface area contributed by atoms with E-state index in [1.54, 1.807) is 30.2 Å². The molecular weight excluding hydrogens is 439 g/mol. The predicted molar refractivity (Wildman–Crippen MR) is 115 cm³/mol. The highest BCUT2D eigenvalue weighted by Gasteiger charge is 2.21. The highest BCUT2D eigenvalue weighted by atomic mass is 35.5. The molecule has 1 aromatic carbocycles. The average Bonchev–Trinajstić information content (AvgIpc) is 3.38. The van der Waals surface area contributed by atoms with Gasteiger partial charge in [-0.15, -0.1) is 0 Å². The Hall–Kier alpha value is -3.73. The summed E-state index contributed by atoms with van der Waals surface area (Å²) in [5.74, 6) is -0.408. The van der Waals surface area contributed by atoms with Crippen LogP contribution in [-0.2, 0) is 6.54 Å². The van der Waals surface area contributed by atoms with Crippen LogP contribution in [0.5, 0.6) is 5.88 Å². The maximum atomic E-state index is 14.3. The van der Waals surface area contributed by atoms with Crippen LogP contribution in [0.25, 0.3) is 11.7 Å². The summed E-state index contributed by atoms with van der Waals surface area (Å²) in [5, 5.41) is 15.1. The van der Waals surface area contributed by atoms with Crippen LogP contribution in [0.1, 0.15) is 24.1 Å². The van der Waals surface area contributed by atoms with Gasteiger partial charge in [-0.05, 0) is 31.1 Å². The van der Waals surface area contributed by atoms with Gasteiger partial charge >= 0.3 is 5.69 Å². The van der Waals surface area contributed by atoms with E-state index < -0.39 is 11.5 Å². The predicted octanol–water partition coefficient (Wildman–Crippen LogP) is 0.886. The first kappa shape index (κ1) is 20.2. The molecule has 164 valence electrons. The van der Waals surface area contributed by atoms with Gasteiger partial charge in [0.15, 0.2) is 5.65 Å². The third kappa shape index (κ3) is 3.82. The molecule has 1 aliphatic rings. The molecule has 0 aliphatic heterocycles. The molecule has 0 amide bonds. The van der Waals surface area contributed by atoms with Gasteiger partial charge < -0.3 is 15.0 Å². The van der Waals surface area contributed by atoms with Crippen molar-refractivity contribution in [1.82, 2.24) is 29.5 Å². The van der Waals surface area contributed by atoms with E-state index in [2.05, 4.69) is 30.0 Å². The topological polar surface area (TPSA) is 128 Å². The minimum absolute atomic E-state index is 0.143. The van der Waals surface area contributed by atoms with Crippen molar-refractivity contribution in [1.29, 1.82) is 0 Å². The normalized spacial score (nSPS) is 15.1. The molecule has 5 rings (SSSR count). The first-order valence-corrected chi connectivity index (χ1v) is 10.2. The van der Waals surface area contributed by atoms with E-state index in [0.717, 1.165) is 12.8 Å². The number of aromatic hydroxyl groups is 1. The van der Waals surface area contributed by atoms with E-state index in [0.29, 0.717) is 33.0 Å². The lowest BCUT2D eigenvalue weighted by Gasteiger charge is -2.18. The van der Waals surface area contributed by atoms with E-state index in [1.807, 2.05) is 0 Å². The van der Waals surface area contributed by atoms with Crippen LogP contribution in [0.4, 0.5) is 10.3 Å². The number of nitrogens with zero attached hydrogens (tertiary/aromatic N) is 6. The fourth-order valence-corrected chi connectivity index (χ4v) is 3.45. The molecule has 0 spiro atoms. The quantitative estimate of drug-likeness (QED) is 0.409. The minimum Gasteiger partial charge on any atom is -0.493 e. The lowest BCUT2D eigenvalue weighted by atomic mass is 10.2. The number of fused-ring (bicyclic) bond motifs is 1. The Labute approximate surface area is 184 Å². The third-order valence-electron chi connectivity index (χ3n) is 5.04. The molecule has 0 saturated heterocycles. The number of hydrogen-bond acceptors (Lipinski definition) is 7. The summed E-state index contributed by atoms with van der Waals surface area (Å²) in [5.41, 5.74) is 0.771. The number of hydrogen-bond donors (Lipinski definition) is 3. The van der Waals surface area contributed by atoms with Crippen LogP contribution in [0.15, 0.2) is 34.2 Å². The Morgan fingerprint density at radius 2 is 2.19 bits per heavy atom. The molecule has 4 aromatic rings. The second-order valence-corrected chi connectivity index (χ2v) is 7.97. The van der Waals surface area contributed by atoms with Crippen LogP contribution in [0, 0.1) is 5.82 Å². The largest absolute Gasteiger partial charge is 0.493 e. The lowest BCUT2D eigenvalue weighted by molar-refractivity contribution is 0.454. The molecule has 3 N–H and O–H groups in total. The van der Waals surface area contributed by atoms with Crippen molar-refractivity contribution in [3.63, 3.8) is 0 Å². The number of aromatic amines is 2. The first-order valence-electron chi connectivity index (χ1n) is 9.85. The molecule has 12 heteroatoms. The van der Waals surface area contributed by atoms with Crippen molar-refractivity contribution >= 4 is 29.3 Å². The summed E-state index contributed by atoms with van der Waals surface area (Å²) in [7, 11) is 1.73. The van der Waals surface area contributed by atoms with Crippen LogP contribution in [-0.4, -0.2) is 47.7 Å². The second-order valence-electron chi connectivity index (χ2n) is 7.56. The van der Waals surface area contributed by atoms with Crippen molar-refractivity contribution in [2.75, 3.05) is 11.9 Å². The molecule has 3 heterocycles. The van der Waals surface area contributed by atoms with Gasteiger partial charge in [-0.2, -0.15) is 19.6 Å². The number of aromatic nitrogens is 6. The van der Waals surface area contributed by atoms with Gasteiger partial charge in [0.2, 0.25) is 11.8 Å². The van der Waals surface area contributed by atoms with Crippen molar-refractivity contribution in [3.8, 4) is 5.88 Å². The number of benzene rings is 1. The fraction of sp³-hybridized carbons (Fsp3) is 0.250. The molecule has 0 atom stereocenters. The Balaban J connectivity index is 1.65. The van der Waals surface area contributed by atoms with Crippen molar-refractivity contribution < 1.29 is 9.50 Å². The average molecular weight is 457 g/mol. The SMILES string of the molecule is CN(Cc1c(F)cccc1Cl)c1nc(=NC2CC2)n2nc/c(=C\c3[nH]c(=O)[nH]c3O)c2n1. The fourth-order valence-electron chi connectivity index (χ4n) is 3.23. The molecular formula is C20H18ClFN8O2. The van der Waals surface area contributed by atoms with Gasteiger partial charge in [0.25, 0.3) is 5.62 Å². The Morgan fingerprint density at radius 1 is 1.38 bits per heavy atom. The van der Waals surface area contributed by atoms with Gasteiger partial charge in [-0.3, -0.25) is 4.98 Å². The van der Waals surface area contributed by atoms with E-state index >= 15 is 0 Å². The molecule has 0 unspecified atom stereocenters. The van der Waals surface area contributed by atoms with Crippen molar-refractivity contribution in [2.24, 2.45) is 4.99 Å². The van der Waals surface area contributed by atoms with E-state index in [4.69, 9.17) is 11.6 Å². The van der Waals surface area contributed by atoms with Crippen LogP contribution in [0.2, 0.25) is 5.02 Å². The maximum absolute atomic E-state index is 14.3. The Bertz CT molecular complexity index is 1480. The molecule has 1 saturated carbocycles. The monoisotopic (exact) mass is 456 g/mol. The molecule has 10 nitrogen and oxygen atoms in total. The number of imidazole rings is 1. The summed E-state index contributed by atoms with van der Waals surface area (Å²) < 4.78 is 15.8. The van der Waals surface area contributed by atoms with Crippen molar-refractivity contribution in [2.45, 2.75) is 25.4 Å². The third-order valence-corrected chi connectivity index (χ3v) is 5.40. The zero-order valence-corrected chi connectivity index (χ0v) is 17.6. The molecule has 0 radical (unpaired) electrons. The first-order chi connectivity index (χ1) is 15.4. The number of nitrogens with one attached hydrogen (secondary N) is 2. The molecule has 1 aliphatic carbocycles. The van der Waals surface area contributed by atoms with Crippen LogP contribution in [0.3, 0.4) is 0 Å². The Kier molecular flexibility index (Phi) is 4.89. The standard InChI is InChI=1S/C20H18ClFN8O2/c1-29(9-12-13(21)3-2-4-14(12)22)18-26-16-10(7-15-17(31)27-20(32)25-15)8-23-30(16)19(28-18)24-11-5-6-11/h2-4,7-8,11,31H,5-6,9H2,1H3,(H2,25,27,32)/b10-7+,24-19?. The summed E-state index contributed by atoms with van der Waals surface area (Å²) >= 11 is 6.18. The highest BCUT2D eigenvalue weighted by molar-refractivity contribution is 6.31. The lowest BCUT2D eigenvalue weighted by Crippen LogP contribution is -2.29. The van der Waals surface area contributed by atoms with Crippen LogP contribution < -0.4 is 21.4 Å². The van der Waals surface area contributed by atoms with Gasteiger partial charge in [-0.25, -0.2) is 14.2 Å². The Morgan fingerprint density at radius 3 is 2.88 bits per heavy atom. The van der Waals surface area contributed by atoms with E-state index in [1.165, 1.54) is 16.8 Å². The van der Waals surface area contributed by atoms with Gasteiger partial charge in [-0.1, -0.05) is 17.7 Å². The minimum atomic E-state index is -0.536. The number of H-pyrrole nitrogens is 2. The highest BCUT2D eigenvalue weighted by Crippen LogP contribution is 2.23. The van der Waals surface area contributed by atoms with Crippen LogP contribution >= 0.6 is 11.6 Å². The maximum Gasteiger partial charge on any atom is 0.326 e. The zero-order valence-electron chi connectivity index (χ0n) is 16.9. The summed E-state index contributed by atoms with van der Waals surface area (Å²) in [6, 6.07) is 4.70. The zero-order chi connectivity index (χ0) is 22.4. The molecule has 32 heavy (non-hydrogen) atoms. The summed E-state index contributed by atoms with van der Waals surface area (Å²) in [4.78, 5) is 31.6. The molecule has 3 aromatic heterocycles. The number of rotatable bonds is 5. The van der Waals surface area contributed by atoms with E-state index in [9.17, 15) is 14.3 Å². The van der Waals surface area contributed by atoms with Gasteiger partial charge in [0, 0.05) is 29.4 Å². The molecule has 0 bridgehead atoms. The number of halogens is 2. The van der Waals surface area contributed by atoms with E-state index in [-0.39, 0.29) is 24.2 Å². The van der Waals surface area contributed by atoms with Gasteiger partial charge in [0.1, 0.15) is 11.5 Å². The summed E-state index contributed by atoms with van der Waals surface area (Å²) in [6.07, 6.45) is 5.03.